The molecule has 0 fully saturated rings. The Labute approximate surface area is 60.8 Å². The molecule has 0 aliphatic carbocycles. The third-order valence-corrected chi connectivity index (χ3v) is 3.58. The molecular formula is C5H8O2S2. The second-order valence-corrected chi connectivity index (χ2v) is 4.30. The van der Waals surface area contributed by atoms with Crippen LogP contribution < -0.4 is 0 Å². The molecule has 0 spiro atoms. The van der Waals surface area contributed by atoms with Crippen molar-refractivity contribution in [2.45, 2.75) is 0 Å². The van der Waals surface area contributed by atoms with Crippen molar-refractivity contribution in [1.29, 1.82) is 0 Å². The number of aliphatic hydroxyl groups excluding tert-OH is 1. The lowest BCUT2D eigenvalue weighted by molar-refractivity contribution is 0.339. The fraction of sp³-hybridized carbons (Fsp3) is 0.600. The van der Waals surface area contributed by atoms with Crippen LogP contribution in [-0.4, -0.2) is 27.4 Å². The molecule has 0 amide bonds. The van der Waals surface area contributed by atoms with E-state index in [-0.39, 0.29) is 6.61 Å². The molecule has 1 heterocycles. The van der Waals surface area contributed by atoms with Gasteiger partial charge < -0.3 is 5.11 Å². The SMILES string of the molecule is O=S1C=C(CO)SCC1. The van der Waals surface area contributed by atoms with Gasteiger partial charge in [-0.1, -0.05) is 0 Å². The van der Waals surface area contributed by atoms with Gasteiger partial charge in [-0.25, -0.2) is 0 Å². The first-order valence-corrected chi connectivity index (χ1v) is 5.01. The van der Waals surface area contributed by atoms with Crippen molar-refractivity contribution in [1.82, 2.24) is 0 Å². The van der Waals surface area contributed by atoms with Gasteiger partial charge in [-0.2, -0.15) is 0 Å². The quantitative estimate of drug-likeness (QED) is 0.606. The molecule has 1 rings (SSSR count). The average Bonchev–Trinajstić information content (AvgIpc) is 1.88. The second-order valence-electron chi connectivity index (χ2n) is 1.68. The molecule has 4 heteroatoms. The minimum absolute atomic E-state index is 0.0381. The maximum atomic E-state index is 10.7. The van der Waals surface area contributed by atoms with E-state index in [9.17, 15) is 4.21 Å². The van der Waals surface area contributed by atoms with Gasteiger partial charge in [0.05, 0.1) is 6.61 Å². The molecular weight excluding hydrogens is 156 g/mol. The number of thioether (sulfide) groups is 1. The van der Waals surface area contributed by atoms with E-state index < -0.39 is 10.8 Å². The van der Waals surface area contributed by atoms with Gasteiger partial charge in [-0.05, 0) is 0 Å². The molecule has 0 saturated heterocycles. The van der Waals surface area contributed by atoms with E-state index >= 15 is 0 Å². The van der Waals surface area contributed by atoms with Crippen molar-refractivity contribution in [3.8, 4) is 0 Å². The molecule has 0 aromatic heterocycles. The van der Waals surface area contributed by atoms with Gasteiger partial charge in [-0.3, -0.25) is 4.21 Å². The van der Waals surface area contributed by atoms with Crippen molar-refractivity contribution in [3.05, 3.63) is 10.3 Å². The van der Waals surface area contributed by atoms with Crippen LogP contribution in [-0.2, 0) is 10.8 Å². The Balaban J connectivity index is 2.59. The van der Waals surface area contributed by atoms with Crippen molar-refractivity contribution >= 4 is 22.6 Å². The summed E-state index contributed by atoms with van der Waals surface area (Å²) in [5.41, 5.74) is 0. The maximum Gasteiger partial charge on any atom is 0.0746 e. The summed E-state index contributed by atoms with van der Waals surface area (Å²) in [6.07, 6.45) is 0. The summed E-state index contributed by atoms with van der Waals surface area (Å²) in [5.74, 6) is 1.60. The molecule has 2 nitrogen and oxygen atoms in total. The van der Waals surface area contributed by atoms with Crippen molar-refractivity contribution in [3.63, 3.8) is 0 Å². The summed E-state index contributed by atoms with van der Waals surface area (Å²) in [6, 6.07) is 0. The number of hydrogen-bond acceptors (Lipinski definition) is 3. The maximum absolute atomic E-state index is 10.7. The molecule has 0 radical (unpaired) electrons. The minimum Gasteiger partial charge on any atom is -0.391 e. The summed E-state index contributed by atoms with van der Waals surface area (Å²) < 4.78 is 10.7. The highest BCUT2D eigenvalue weighted by Gasteiger charge is 2.06. The Morgan fingerprint density at radius 1 is 1.89 bits per heavy atom. The molecule has 52 valence electrons. The number of hydrogen-bond donors (Lipinski definition) is 1. The highest BCUT2D eigenvalue weighted by atomic mass is 32.2. The summed E-state index contributed by atoms with van der Waals surface area (Å²) in [4.78, 5) is 0.847. The van der Waals surface area contributed by atoms with Gasteiger partial charge >= 0.3 is 0 Å². The van der Waals surface area contributed by atoms with Crippen LogP contribution in [0.4, 0.5) is 0 Å². The third kappa shape index (κ3) is 2.12. The zero-order valence-electron chi connectivity index (χ0n) is 4.87. The number of rotatable bonds is 1. The molecule has 1 N–H and O–H groups in total. The van der Waals surface area contributed by atoms with Crippen LogP contribution >= 0.6 is 11.8 Å². The van der Waals surface area contributed by atoms with Gasteiger partial charge in [0, 0.05) is 32.6 Å². The molecule has 1 aliphatic heterocycles. The van der Waals surface area contributed by atoms with Gasteiger partial charge in [0.2, 0.25) is 0 Å². The van der Waals surface area contributed by atoms with Crippen LogP contribution in [0.15, 0.2) is 10.3 Å². The zero-order chi connectivity index (χ0) is 6.69. The normalized spacial score (nSPS) is 27.7. The second kappa shape index (κ2) is 3.39. The lowest BCUT2D eigenvalue weighted by atomic mass is 10.7. The Bertz CT molecular complexity index is 153. The molecule has 0 aromatic rings. The predicted octanol–water partition coefficient (Wildman–Crippen LogP) is 0.316. The van der Waals surface area contributed by atoms with Crippen molar-refractivity contribution in [2.24, 2.45) is 0 Å². The molecule has 1 aliphatic rings. The van der Waals surface area contributed by atoms with Crippen LogP contribution in [0.1, 0.15) is 0 Å². The van der Waals surface area contributed by atoms with Crippen LogP contribution in [0.25, 0.3) is 0 Å². The Hall–Kier alpha value is 0.200. The fourth-order valence-electron chi connectivity index (χ4n) is 0.577. The van der Waals surface area contributed by atoms with E-state index in [2.05, 4.69) is 0 Å². The lowest BCUT2D eigenvalue weighted by Crippen LogP contribution is -2.04. The highest BCUT2D eigenvalue weighted by molar-refractivity contribution is 8.05. The van der Waals surface area contributed by atoms with Crippen LogP contribution in [0.2, 0.25) is 0 Å². The molecule has 0 bridgehead atoms. The van der Waals surface area contributed by atoms with Crippen LogP contribution in [0, 0.1) is 0 Å². The van der Waals surface area contributed by atoms with E-state index in [1.54, 1.807) is 17.2 Å². The molecule has 0 saturated carbocycles. The van der Waals surface area contributed by atoms with E-state index in [1.807, 2.05) is 0 Å². The first kappa shape index (κ1) is 7.31. The summed E-state index contributed by atoms with van der Waals surface area (Å²) in [7, 11) is -0.813. The lowest BCUT2D eigenvalue weighted by Gasteiger charge is -2.07. The first-order chi connectivity index (χ1) is 4.33. The molecule has 1 unspecified atom stereocenters. The largest absolute Gasteiger partial charge is 0.391 e. The van der Waals surface area contributed by atoms with E-state index in [4.69, 9.17) is 5.11 Å². The first-order valence-electron chi connectivity index (χ1n) is 2.64. The van der Waals surface area contributed by atoms with Crippen LogP contribution in [0.3, 0.4) is 0 Å². The van der Waals surface area contributed by atoms with Crippen molar-refractivity contribution < 1.29 is 9.32 Å². The molecule has 9 heavy (non-hydrogen) atoms. The Morgan fingerprint density at radius 3 is 3.11 bits per heavy atom. The molecule has 1 atom stereocenters. The van der Waals surface area contributed by atoms with Gasteiger partial charge in [0.25, 0.3) is 0 Å². The predicted molar refractivity (Wildman–Crippen MR) is 40.6 cm³/mol. The zero-order valence-corrected chi connectivity index (χ0v) is 6.50. The standard InChI is InChI=1S/C5H8O2S2/c6-3-5-4-9(7)2-1-8-5/h4,6H,1-3H2. The van der Waals surface area contributed by atoms with Crippen molar-refractivity contribution in [2.75, 3.05) is 18.1 Å². The summed E-state index contributed by atoms with van der Waals surface area (Å²) >= 11 is 1.58. The summed E-state index contributed by atoms with van der Waals surface area (Å²) in [6.45, 7) is 0.0381. The van der Waals surface area contributed by atoms with E-state index in [0.717, 1.165) is 16.4 Å². The summed E-state index contributed by atoms with van der Waals surface area (Å²) in [5, 5.41) is 10.2. The smallest absolute Gasteiger partial charge is 0.0746 e. The van der Waals surface area contributed by atoms with Crippen LogP contribution in [0.5, 0.6) is 0 Å². The Kier molecular flexibility index (Phi) is 2.75. The average molecular weight is 164 g/mol. The number of aliphatic hydroxyl groups is 1. The Morgan fingerprint density at radius 2 is 2.67 bits per heavy atom. The van der Waals surface area contributed by atoms with E-state index in [0.29, 0.717) is 0 Å². The third-order valence-electron chi connectivity index (χ3n) is 0.991. The van der Waals surface area contributed by atoms with Gasteiger partial charge in [0.15, 0.2) is 0 Å². The highest BCUT2D eigenvalue weighted by Crippen LogP contribution is 2.19. The van der Waals surface area contributed by atoms with Gasteiger partial charge in [0.1, 0.15) is 0 Å². The van der Waals surface area contributed by atoms with Gasteiger partial charge in [-0.15, -0.1) is 11.8 Å². The topological polar surface area (TPSA) is 37.3 Å². The monoisotopic (exact) mass is 164 g/mol. The molecule has 0 aromatic carbocycles. The minimum atomic E-state index is -0.813. The fourth-order valence-corrected chi connectivity index (χ4v) is 3.00. The van der Waals surface area contributed by atoms with E-state index in [1.165, 1.54) is 0 Å².